The second kappa shape index (κ2) is 11.2. The molecule has 9 nitrogen and oxygen atoms in total. The minimum atomic E-state index is -0.128. The second-order valence-electron chi connectivity index (χ2n) is 7.75. The highest BCUT2D eigenvalue weighted by molar-refractivity contribution is 5.84. The monoisotopic (exact) mass is 455 g/mol. The summed E-state index contributed by atoms with van der Waals surface area (Å²) in [6, 6.07) is 5.36. The van der Waals surface area contributed by atoms with Crippen LogP contribution < -0.4 is 16.0 Å². The molecule has 0 atom stereocenters. The average molecular weight is 456 g/mol. The zero-order chi connectivity index (χ0) is 24.0. The molecule has 0 bridgehead atoms. The van der Waals surface area contributed by atoms with Crippen molar-refractivity contribution in [3.8, 4) is 17.0 Å². The number of aliphatic hydroxyl groups is 1. The summed E-state index contributed by atoms with van der Waals surface area (Å²) in [4.78, 5) is 26.6. The van der Waals surface area contributed by atoms with Gasteiger partial charge in [0.2, 0.25) is 11.8 Å². The lowest BCUT2D eigenvalue weighted by atomic mass is 9.92. The highest BCUT2D eigenvalue weighted by Crippen LogP contribution is 2.33. The number of fused-ring (bicyclic) bond motifs is 1. The maximum Gasteiger partial charge on any atom is 0.260 e. The molecule has 0 unspecified atom stereocenters. The largest absolute Gasteiger partial charge is 0.481 e. The number of aliphatic hydroxyl groups excluding tert-OH is 1. The van der Waals surface area contributed by atoms with E-state index < -0.39 is 0 Å². The summed E-state index contributed by atoms with van der Waals surface area (Å²) in [5, 5.41) is 9.79. The zero-order valence-corrected chi connectivity index (χ0v) is 19.7. The van der Waals surface area contributed by atoms with Gasteiger partial charge in [0.25, 0.3) is 5.56 Å². The Hall–Kier alpha value is -3.04. The van der Waals surface area contributed by atoms with Crippen molar-refractivity contribution in [2.75, 3.05) is 26.1 Å². The maximum atomic E-state index is 13.7. The number of hydrogen-bond acceptors (Lipinski definition) is 8. The molecule has 0 saturated heterocycles. The van der Waals surface area contributed by atoms with Crippen molar-refractivity contribution < 1.29 is 14.6 Å². The first-order chi connectivity index (χ1) is 16.0. The Kier molecular flexibility index (Phi) is 8.35. The molecule has 1 saturated carbocycles. The van der Waals surface area contributed by atoms with Crippen LogP contribution in [0, 0.1) is 6.92 Å². The molecule has 3 aromatic rings. The molecule has 1 aliphatic carbocycles. The Morgan fingerprint density at radius 1 is 1.18 bits per heavy atom. The van der Waals surface area contributed by atoms with E-state index in [1.807, 2.05) is 32.9 Å². The predicted molar refractivity (Wildman–Crippen MR) is 128 cm³/mol. The summed E-state index contributed by atoms with van der Waals surface area (Å²) in [7, 11) is 1.55. The highest BCUT2D eigenvalue weighted by atomic mass is 16.5. The van der Waals surface area contributed by atoms with E-state index in [1.54, 1.807) is 23.9 Å². The smallest absolute Gasteiger partial charge is 0.260 e. The fourth-order valence-corrected chi connectivity index (χ4v) is 4.27. The number of rotatable bonds is 6. The minimum absolute atomic E-state index is 0.0113. The number of hydrogen-bond donors (Lipinski definition) is 2. The molecule has 0 aliphatic heterocycles. The van der Waals surface area contributed by atoms with Gasteiger partial charge in [-0.05, 0) is 44.7 Å². The quantitative estimate of drug-likeness (QED) is 0.580. The maximum absolute atomic E-state index is 13.7. The van der Waals surface area contributed by atoms with Crippen LogP contribution in [-0.2, 0) is 4.74 Å². The Labute approximate surface area is 193 Å². The molecule has 3 aromatic heterocycles. The Morgan fingerprint density at radius 2 is 1.91 bits per heavy atom. The second-order valence-corrected chi connectivity index (χ2v) is 7.75. The third-order valence-corrected chi connectivity index (χ3v) is 5.81. The van der Waals surface area contributed by atoms with Gasteiger partial charge in [0.15, 0.2) is 0 Å². The summed E-state index contributed by atoms with van der Waals surface area (Å²) in [5.41, 5.74) is 8.32. The molecule has 0 spiro atoms. The Bertz CT molecular complexity index is 1120. The zero-order valence-electron chi connectivity index (χ0n) is 19.7. The molecule has 1 aliphatic rings. The highest BCUT2D eigenvalue weighted by Gasteiger charge is 2.27. The van der Waals surface area contributed by atoms with Crippen LogP contribution in [0.5, 0.6) is 5.88 Å². The van der Waals surface area contributed by atoms with Crippen LogP contribution in [0.4, 0.5) is 5.95 Å². The van der Waals surface area contributed by atoms with E-state index in [9.17, 15) is 4.79 Å². The number of pyridine rings is 2. The van der Waals surface area contributed by atoms with E-state index in [2.05, 4.69) is 15.0 Å². The van der Waals surface area contributed by atoms with Crippen LogP contribution in [0.1, 0.15) is 51.3 Å². The van der Waals surface area contributed by atoms with Crippen molar-refractivity contribution in [3.63, 3.8) is 0 Å². The van der Waals surface area contributed by atoms with Crippen LogP contribution >= 0.6 is 0 Å². The summed E-state index contributed by atoms with van der Waals surface area (Å²) in [5.74, 6) is 0.635. The van der Waals surface area contributed by atoms with Gasteiger partial charge < -0.3 is 20.3 Å². The van der Waals surface area contributed by atoms with Crippen LogP contribution in [-0.4, -0.2) is 51.1 Å². The number of anilines is 1. The number of methoxy groups -OCH3 is 1. The molecule has 0 aromatic carbocycles. The molecule has 0 amide bonds. The van der Waals surface area contributed by atoms with Gasteiger partial charge >= 0.3 is 0 Å². The first-order valence-electron chi connectivity index (χ1n) is 11.4. The summed E-state index contributed by atoms with van der Waals surface area (Å²) in [6.07, 6.45) is 4.91. The molecule has 33 heavy (non-hydrogen) atoms. The molecule has 3 N–H and O–H groups in total. The average Bonchev–Trinajstić information content (AvgIpc) is 2.84. The molecular weight excluding hydrogens is 422 g/mol. The Morgan fingerprint density at radius 3 is 2.52 bits per heavy atom. The molecular formula is C24H33N5O4. The van der Waals surface area contributed by atoms with E-state index in [-0.39, 0.29) is 30.3 Å². The minimum Gasteiger partial charge on any atom is -0.481 e. The van der Waals surface area contributed by atoms with E-state index >= 15 is 0 Å². The molecule has 3 heterocycles. The van der Waals surface area contributed by atoms with Gasteiger partial charge in [-0.25, -0.2) is 9.97 Å². The summed E-state index contributed by atoms with van der Waals surface area (Å²) in [6.45, 7) is 6.21. The summed E-state index contributed by atoms with van der Waals surface area (Å²) < 4.78 is 12.6. The number of aryl methyl sites for hydroxylation is 1. The predicted octanol–water partition coefficient (Wildman–Crippen LogP) is 3.27. The van der Waals surface area contributed by atoms with Gasteiger partial charge in [-0.3, -0.25) is 9.36 Å². The fraction of sp³-hybridized carbons (Fsp3) is 0.500. The lowest BCUT2D eigenvalue weighted by molar-refractivity contribution is 0.00169. The van der Waals surface area contributed by atoms with Crippen molar-refractivity contribution in [1.29, 1.82) is 0 Å². The van der Waals surface area contributed by atoms with Crippen LogP contribution in [0.3, 0.4) is 0 Å². The van der Waals surface area contributed by atoms with Gasteiger partial charge in [0, 0.05) is 34.8 Å². The van der Waals surface area contributed by atoms with Gasteiger partial charge in [-0.15, -0.1) is 0 Å². The van der Waals surface area contributed by atoms with Crippen LogP contribution in [0.25, 0.3) is 22.2 Å². The molecule has 9 heteroatoms. The van der Waals surface area contributed by atoms with Crippen molar-refractivity contribution in [2.45, 2.75) is 58.6 Å². The Balaban J connectivity index is 0.00000149. The first kappa shape index (κ1) is 24.6. The van der Waals surface area contributed by atoms with Gasteiger partial charge in [-0.2, -0.15) is 4.98 Å². The topological polar surface area (TPSA) is 125 Å². The number of nitrogens with zero attached hydrogens (tertiary/aromatic N) is 4. The SMILES string of the molecule is CC.COc1ccc(-c2cc3c(C)nc(N)nc3n(C3CCC(OCCO)CC3)c2=O)cn1. The molecule has 4 rings (SSSR count). The third-order valence-electron chi connectivity index (χ3n) is 5.81. The van der Waals surface area contributed by atoms with Crippen LogP contribution in [0.15, 0.2) is 29.2 Å². The van der Waals surface area contributed by atoms with Crippen molar-refractivity contribution >= 4 is 17.0 Å². The van der Waals surface area contributed by atoms with Crippen LogP contribution in [0.2, 0.25) is 0 Å². The number of nitrogen functional groups attached to an aromatic ring is 1. The molecule has 1 fully saturated rings. The van der Waals surface area contributed by atoms with Gasteiger partial charge in [-0.1, -0.05) is 13.8 Å². The number of ether oxygens (including phenoxy) is 2. The lowest BCUT2D eigenvalue weighted by Gasteiger charge is -2.30. The molecule has 0 radical (unpaired) electrons. The van der Waals surface area contributed by atoms with E-state index in [1.165, 1.54) is 0 Å². The van der Waals surface area contributed by atoms with E-state index in [0.29, 0.717) is 29.3 Å². The summed E-state index contributed by atoms with van der Waals surface area (Å²) >= 11 is 0. The van der Waals surface area contributed by atoms with E-state index in [0.717, 1.165) is 36.8 Å². The number of nitrogens with two attached hydrogens (primary N) is 1. The standard InChI is InChI=1S/C22H27N5O4.C2H6/c1-13-17-11-18(14-3-8-19(30-2)24-12-14)21(29)27(20(17)26-22(23)25-13)15-4-6-16(7-5-15)31-10-9-28;1-2/h3,8,11-12,15-16,28H,4-7,9-10H2,1-2H3,(H2,23,25,26);1-2H3. The van der Waals surface area contributed by atoms with E-state index in [4.69, 9.17) is 20.3 Å². The van der Waals surface area contributed by atoms with Crippen molar-refractivity contribution in [1.82, 2.24) is 19.5 Å². The molecule has 178 valence electrons. The third kappa shape index (κ3) is 5.31. The fourth-order valence-electron chi connectivity index (χ4n) is 4.27. The van der Waals surface area contributed by atoms with Crippen molar-refractivity contribution in [3.05, 3.63) is 40.4 Å². The van der Waals surface area contributed by atoms with Crippen molar-refractivity contribution in [2.24, 2.45) is 0 Å². The first-order valence-corrected chi connectivity index (χ1v) is 11.4. The normalized spacial score (nSPS) is 18.0. The lowest BCUT2D eigenvalue weighted by Crippen LogP contribution is -2.32. The number of aromatic nitrogens is 4. The van der Waals surface area contributed by atoms with Gasteiger partial charge in [0.05, 0.1) is 32.1 Å². The van der Waals surface area contributed by atoms with Gasteiger partial charge in [0.1, 0.15) is 5.65 Å².